The molecule has 9 aromatic carbocycles. The first-order valence-corrected chi connectivity index (χ1v) is 19.9. The maximum absolute atomic E-state index is 7.12. The van der Waals surface area contributed by atoms with Crippen LogP contribution in [0, 0.1) is 0 Å². The summed E-state index contributed by atoms with van der Waals surface area (Å²) < 4.78 is 9.40. The van der Waals surface area contributed by atoms with E-state index in [9.17, 15) is 0 Å². The van der Waals surface area contributed by atoms with E-state index in [1.807, 2.05) is 24.3 Å². The van der Waals surface area contributed by atoms with Crippen molar-refractivity contribution in [3.05, 3.63) is 217 Å². The van der Waals surface area contributed by atoms with Gasteiger partial charge in [0.2, 0.25) is 0 Å². The molecule has 0 fully saturated rings. The van der Waals surface area contributed by atoms with Gasteiger partial charge in [-0.05, 0) is 107 Å². The fourth-order valence-electron chi connectivity index (χ4n) is 8.62. The van der Waals surface area contributed by atoms with Gasteiger partial charge in [0.1, 0.15) is 11.2 Å². The Morgan fingerprint density at radius 2 is 0.966 bits per heavy atom. The molecule has 58 heavy (non-hydrogen) atoms. The van der Waals surface area contributed by atoms with Crippen molar-refractivity contribution in [2.45, 2.75) is 0 Å². The minimum atomic E-state index is 0.641. The number of para-hydroxylation sites is 4. The Morgan fingerprint density at radius 1 is 0.414 bits per heavy atom. The minimum Gasteiger partial charge on any atom is -0.455 e. The molecule has 11 aromatic rings. The molecule has 2 heterocycles. The number of halogens is 1. The number of benzene rings is 9. The zero-order valence-corrected chi connectivity index (χ0v) is 32.1. The monoisotopic (exact) mass is 762 g/mol. The van der Waals surface area contributed by atoms with Crippen LogP contribution >= 0.6 is 11.6 Å². The van der Waals surface area contributed by atoms with Gasteiger partial charge in [-0.1, -0.05) is 145 Å². The molecule has 2 aromatic heterocycles. The van der Waals surface area contributed by atoms with Crippen LogP contribution in [0.1, 0.15) is 0 Å². The second-order valence-electron chi connectivity index (χ2n) is 14.7. The van der Waals surface area contributed by atoms with E-state index in [1.54, 1.807) is 0 Å². The molecule has 274 valence electrons. The van der Waals surface area contributed by atoms with Crippen LogP contribution in [-0.2, 0) is 0 Å². The van der Waals surface area contributed by atoms with Crippen molar-refractivity contribution >= 4 is 72.4 Å². The van der Waals surface area contributed by atoms with Gasteiger partial charge in [-0.15, -0.1) is 0 Å². The van der Waals surface area contributed by atoms with Gasteiger partial charge in [-0.25, -0.2) is 0 Å². The summed E-state index contributed by atoms with van der Waals surface area (Å²) in [5.41, 5.74) is 14.6. The first-order valence-electron chi connectivity index (χ1n) is 19.5. The summed E-state index contributed by atoms with van der Waals surface area (Å²) in [5, 5.41) is 5.07. The van der Waals surface area contributed by atoms with Gasteiger partial charge >= 0.3 is 0 Å². The van der Waals surface area contributed by atoms with E-state index in [-0.39, 0.29) is 0 Å². The van der Waals surface area contributed by atoms with Crippen LogP contribution < -0.4 is 4.90 Å². The summed E-state index contributed by atoms with van der Waals surface area (Å²) >= 11 is 7.12. The zero-order chi connectivity index (χ0) is 38.6. The normalized spacial score (nSPS) is 11.5. The van der Waals surface area contributed by atoms with Gasteiger partial charge < -0.3 is 13.9 Å². The molecule has 0 spiro atoms. The van der Waals surface area contributed by atoms with Crippen LogP contribution in [0.3, 0.4) is 0 Å². The van der Waals surface area contributed by atoms with Crippen molar-refractivity contribution < 1.29 is 4.42 Å². The standard InChI is InChI=1S/C54H35ClN2O/c55-41-30-40(33-45(34-41)56(42-21-9-3-10-22-42)43-23-11-4-12-24-43)48-35-49-46-25-13-15-27-50(46)57(53(49)52-47-26-14-16-28-51(47)58-54(48)52)44-31-38(36-17-5-1-6-18-36)29-39(32-44)37-19-7-2-8-20-37/h1-35H. The van der Waals surface area contributed by atoms with Crippen molar-refractivity contribution in [3.8, 4) is 39.1 Å². The first-order chi connectivity index (χ1) is 28.7. The van der Waals surface area contributed by atoms with Crippen molar-refractivity contribution in [3.63, 3.8) is 0 Å². The Hall–Kier alpha value is -7.33. The third kappa shape index (κ3) is 5.75. The van der Waals surface area contributed by atoms with Crippen LogP contribution in [0.5, 0.6) is 0 Å². The highest BCUT2D eigenvalue weighted by molar-refractivity contribution is 6.32. The van der Waals surface area contributed by atoms with E-state index in [2.05, 4.69) is 198 Å². The second-order valence-corrected chi connectivity index (χ2v) is 15.1. The molecule has 0 atom stereocenters. The Bertz CT molecular complexity index is 3180. The molecule has 0 aliphatic heterocycles. The fraction of sp³-hybridized carbons (Fsp3) is 0. The summed E-state index contributed by atoms with van der Waals surface area (Å²) in [7, 11) is 0. The number of furan rings is 1. The van der Waals surface area contributed by atoms with Crippen LogP contribution in [0.25, 0.3) is 82.8 Å². The number of fused-ring (bicyclic) bond motifs is 7. The van der Waals surface area contributed by atoms with Gasteiger partial charge in [0.25, 0.3) is 0 Å². The van der Waals surface area contributed by atoms with E-state index in [1.165, 1.54) is 11.1 Å². The number of hydrogen-bond acceptors (Lipinski definition) is 2. The maximum Gasteiger partial charge on any atom is 0.145 e. The molecule has 0 bridgehead atoms. The predicted molar refractivity (Wildman–Crippen MR) is 244 cm³/mol. The van der Waals surface area contributed by atoms with E-state index >= 15 is 0 Å². The fourth-order valence-corrected chi connectivity index (χ4v) is 8.84. The second kappa shape index (κ2) is 14.0. The van der Waals surface area contributed by atoms with E-state index in [4.69, 9.17) is 16.0 Å². The van der Waals surface area contributed by atoms with Gasteiger partial charge in [0, 0.05) is 49.5 Å². The quantitative estimate of drug-likeness (QED) is 0.161. The Labute approximate surface area is 341 Å². The molecule has 0 amide bonds. The lowest BCUT2D eigenvalue weighted by Crippen LogP contribution is -2.09. The number of nitrogens with zero attached hydrogens (tertiary/aromatic N) is 2. The SMILES string of the molecule is Clc1cc(-c2cc3c4ccccc4n(-c4cc(-c5ccccc5)cc(-c5ccccc5)c4)c3c3c2oc2ccccc23)cc(N(c2ccccc2)c2ccccc2)c1. The van der Waals surface area contributed by atoms with E-state index < -0.39 is 0 Å². The number of hydrogen-bond donors (Lipinski definition) is 0. The molecule has 0 saturated carbocycles. The van der Waals surface area contributed by atoms with E-state index in [0.29, 0.717) is 5.02 Å². The zero-order valence-electron chi connectivity index (χ0n) is 31.4. The molecule has 11 rings (SSSR count). The molecule has 0 saturated heterocycles. The van der Waals surface area contributed by atoms with Crippen LogP contribution in [0.4, 0.5) is 17.1 Å². The van der Waals surface area contributed by atoms with Crippen LogP contribution in [-0.4, -0.2) is 4.57 Å². The highest BCUT2D eigenvalue weighted by Gasteiger charge is 2.24. The lowest BCUT2D eigenvalue weighted by Gasteiger charge is -2.26. The average Bonchev–Trinajstić information content (AvgIpc) is 3.83. The van der Waals surface area contributed by atoms with E-state index in [0.717, 1.165) is 88.7 Å². The predicted octanol–water partition coefficient (Wildman–Crippen LogP) is 15.8. The van der Waals surface area contributed by atoms with Gasteiger partial charge in [-0.3, -0.25) is 0 Å². The van der Waals surface area contributed by atoms with Gasteiger partial charge in [0.05, 0.1) is 16.4 Å². The molecule has 0 aliphatic rings. The summed E-state index contributed by atoms with van der Waals surface area (Å²) in [6, 6.07) is 74.8. The average molecular weight is 763 g/mol. The topological polar surface area (TPSA) is 21.3 Å². The van der Waals surface area contributed by atoms with Crippen molar-refractivity contribution in [2.75, 3.05) is 4.90 Å². The molecule has 0 unspecified atom stereocenters. The molecule has 0 N–H and O–H groups in total. The van der Waals surface area contributed by atoms with Crippen molar-refractivity contribution in [1.29, 1.82) is 0 Å². The van der Waals surface area contributed by atoms with Gasteiger partial charge in [0.15, 0.2) is 0 Å². The molecular weight excluding hydrogens is 728 g/mol. The number of rotatable bonds is 7. The molecule has 3 nitrogen and oxygen atoms in total. The summed E-state index contributed by atoms with van der Waals surface area (Å²) in [5.74, 6) is 0. The lowest BCUT2D eigenvalue weighted by molar-refractivity contribution is 0.670. The van der Waals surface area contributed by atoms with Crippen molar-refractivity contribution in [2.24, 2.45) is 0 Å². The smallest absolute Gasteiger partial charge is 0.145 e. The first kappa shape index (κ1) is 34.0. The number of aromatic nitrogens is 1. The van der Waals surface area contributed by atoms with Crippen LogP contribution in [0.2, 0.25) is 5.02 Å². The Kier molecular flexibility index (Phi) is 8.20. The maximum atomic E-state index is 7.12. The minimum absolute atomic E-state index is 0.641. The lowest BCUT2D eigenvalue weighted by atomic mass is 9.97. The summed E-state index contributed by atoms with van der Waals surface area (Å²) in [6.45, 7) is 0. The third-order valence-electron chi connectivity index (χ3n) is 11.2. The Morgan fingerprint density at radius 3 is 1.60 bits per heavy atom. The molecular formula is C54H35ClN2O. The largest absolute Gasteiger partial charge is 0.455 e. The summed E-state index contributed by atoms with van der Waals surface area (Å²) in [4.78, 5) is 2.25. The van der Waals surface area contributed by atoms with Crippen molar-refractivity contribution in [1.82, 2.24) is 4.57 Å². The van der Waals surface area contributed by atoms with Crippen LogP contribution in [0.15, 0.2) is 217 Å². The Balaban J connectivity index is 1.22. The third-order valence-corrected chi connectivity index (χ3v) is 11.4. The molecule has 0 aliphatic carbocycles. The highest BCUT2D eigenvalue weighted by Crippen LogP contribution is 2.47. The van der Waals surface area contributed by atoms with Gasteiger partial charge in [-0.2, -0.15) is 0 Å². The molecule has 0 radical (unpaired) electrons. The summed E-state index contributed by atoms with van der Waals surface area (Å²) in [6.07, 6.45) is 0. The highest BCUT2D eigenvalue weighted by atomic mass is 35.5. The number of anilines is 3. The molecule has 4 heteroatoms.